The first-order valence-electron chi connectivity index (χ1n) is 6.27. The van der Waals surface area contributed by atoms with Gasteiger partial charge in [0.25, 0.3) is 0 Å². The van der Waals surface area contributed by atoms with Gasteiger partial charge in [-0.3, -0.25) is 4.98 Å². The molecule has 0 radical (unpaired) electrons. The van der Waals surface area contributed by atoms with E-state index in [4.69, 9.17) is 0 Å². The molecule has 20 heavy (non-hydrogen) atoms. The molecule has 0 aliphatic carbocycles. The summed E-state index contributed by atoms with van der Waals surface area (Å²) in [5.41, 5.74) is 0.768. The van der Waals surface area contributed by atoms with Crippen LogP contribution >= 0.6 is 0 Å². The lowest BCUT2D eigenvalue weighted by Gasteiger charge is -2.09. The standard InChI is InChI=1S/C15H13N3O2/c19-14-16-15(20)18(13-9-5-2-6-10-13)17(14)11-12-7-3-1-4-8-12/h1-10H,11H2,(H,16,19,20). The normalized spacial score (nSPS) is 10.6. The Balaban J connectivity index is 2.12. The first-order valence-corrected chi connectivity index (χ1v) is 6.27. The summed E-state index contributed by atoms with van der Waals surface area (Å²) < 4.78 is 2.75. The highest BCUT2D eigenvalue weighted by Crippen LogP contribution is 2.05. The maximum absolute atomic E-state index is 11.9. The molecule has 0 aliphatic heterocycles. The van der Waals surface area contributed by atoms with Crippen LogP contribution in [0, 0.1) is 0 Å². The molecule has 0 saturated carbocycles. The van der Waals surface area contributed by atoms with Crippen LogP contribution in [0.15, 0.2) is 70.3 Å². The van der Waals surface area contributed by atoms with Gasteiger partial charge in [-0.1, -0.05) is 48.5 Å². The Morgan fingerprint density at radius 2 is 1.40 bits per heavy atom. The lowest BCUT2D eigenvalue weighted by Crippen LogP contribution is -2.25. The third-order valence-corrected chi connectivity index (χ3v) is 3.06. The maximum atomic E-state index is 11.9. The lowest BCUT2D eigenvalue weighted by atomic mass is 10.2. The molecule has 0 amide bonds. The van der Waals surface area contributed by atoms with Crippen molar-refractivity contribution in [2.45, 2.75) is 6.54 Å². The molecule has 0 unspecified atom stereocenters. The smallest absolute Gasteiger partial charge is 0.256 e. The number of aromatic nitrogens is 3. The molecule has 1 N–H and O–H groups in total. The second-order valence-electron chi connectivity index (χ2n) is 4.43. The molecule has 0 fully saturated rings. The van der Waals surface area contributed by atoms with Crippen molar-refractivity contribution in [2.24, 2.45) is 0 Å². The summed E-state index contributed by atoms with van der Waals surface area (Å²) in [4.78, 5) is 26.2. The van der Waals surface area contributed by atoms with Crippen LogP contribution in [0.3, 0.4) is 0 Å². The predicted molar refractivity (Wildman–Crippen MR) is 76.2 cm³/mol. The zero-order chi connectivity index (χ0) is 13.9. The Labute approximate surface area is 114 Å². The van der Waals surface area contributed by atoms with Crippen LogP contribution in [0.4, 0.5) is 0 Å². The minimum absolute atomic E-state index is 0.341. The third kappa shape index (κ3) is 2.21. The second kappa shape index (κ2) is 5.05. The molecule has 3 rings (SSSR count). The molecule has 0 bridgehead atoms. The number of hydrogen-bond acceptors (Lipinski definition) is 2. The van der Waals surface area contributed by atoms with E-state index in [1.165, 1.54) is 9.36 Å². The van der Waals surface area contributed by atoms with Crippen molar-refractivity contribution < 1.29 is 0 Å². The molecule has 0 spiro atoms. The van der Waals surface area contributed by atoms with Crippen LogP contribution in [0.2, 0.25) is 0 Å². The van der Waals surface area contributed by atoms with Gasteiger partial charge in [-0.15, -0.1) is 0 Å². The van der Waals surface area contributed by atoms with E-state index in [9.17, 15) is 9.59 Å². The molecule has 5 heteroatoms. The third-order valence-electron chi connectivity index (χ3n) is 3.06. The Hall–Kier alpha value is -2.82. The highest BCUT2D eigenvalue weighted by atomic mass is 16.2. The molecule has 0 atom stereocenters. The van der Waals surface area contributed by atoms with Crippen molar-refractivity contribution in [3.8, 4) is 5.69 Å². The topological polar surface area (TPSA) is 59.8 Å². The van der Waals surface area contributed by atoms with Gasteiger partial charge in [0, 0.05) is 0 Å². The molecular formula is C15H13N3O2. The summed E-state index contributed by atoms with van der Waals surface area (Å²) in [6.45, 7) is 0.341. The molecular weight excluding hydrogens is 254 g/mol. The summed E-state index contributed by atoms with van der Waals surface area (Å²) in [6, 6.07) is 18.6. The van der Waals surface area contributed by atoms with Gasteiger partial charge in [-0.05, 0) is 17.7 Å². The minimum Gasteiger partial charge on any atom is -0.256 e. The highest BCUT2D eigenvalue weighted by molar-refractivity contribution is 5.29. The molecule has 1 aromatic heterocycles. The van der Waals surface area contributed by atoms with Crippen LogP contribution in [0.5, 0.6) is 0 Å². The van der Waals surface area contributed by atoms with Crippen LogP contribution in [0.25, 0.3) is 5.69 Å². The fraction of sp³-hybridized carbons (Fsp3) is 0.0667. The Morgan fingerprint density at radius 1 is 0.800 bits per heavy atom. The van der Waals surface area contributed by atoms with Gasteiger partial charge in [0.2, 0.25) is 0 Å². The Kier molecular flexibility index (Phi) is 3.09. The van der Waals surface area contributed by atoms with Crippen molar-refractivity contribution >= 4 is 0 Å². The van der Waals surface area contributed by atoms with Crippen molar-refractivity contribution in [3.05, 3.63) is 87.2 Å². The minimum atomic E-state index is -0.433. The number of nitrogens with one attached hydrogen (secondary N) is 1. The van der Waals surface area contributed by atoms with Gasteiger partial charge >= 0.3 is 11.4 Å². The molecule has 0 aliphatic rings. The van der Waals surface area contributed by atoms with Crippen molar-refractivity contribution in [2.75, 3.05) is 0 Å². The van der Waals surface area contributed by atoms with Gasteiger partial charge < -0.3 is 0 Å². The Morgan fingerprint density at radius 3 is 2.05 bits per heavy atom. The van der Waals surface area contributed by atoms with E-state index < -0.39 is 11.4 Å². The van der Waals surface area contributed by atoms with Gasteiger partial charge in [-0.25, -0.2) is 14.3 Å². The first kappa shape index (κ1) is 12.2. The van der Waals surface area contributed by atoms with Crippen molar-refractivity contribution in [3.63, 3.8) is 0 Å². The monoisotopic (exact) mass is 267 g/mol. The summed E-state index contributed by atoms with van der Waals surface area (Å²) >= 11 is 0. The number of H-pyrrole nitrogens is 1. The molecule has 1 heterocycles. The average Bonchev–Trinajstić information content (AvgIpc) is 2.75. The number of para-hydroxylation sites is 1. The van der Waals surface area contributed by atoms with Crippen molar-refractivity contribution in [1.82, 2.24) is 14.3 Å². The number of aromatic amines is 1. The van der Waals surface area contributed by atoms with E-state index in [1.807, 2.05) is 48.5 Å². The summed E-state index contributed by atoms with van der Waals surface area (Å²) in [7, 11) is 0. The van der Waals surface area contributed by atoms with E-state index in [2.05, 4.69) is 4.98 Å². The van der Waals surface area contributed by atoms with Gasteiger partial charge in [0.05, 0.1) is 12.2 Å². The van der Waals surface area contributed by atoms with Gasteiger partial charge in [0.1, 0.15) is 0 Å². The highest BCUT2D eigenvalue weighted by Gasteiger charge is 2.10. The van der Waals surface area contributed by atoms with E-state index in [1.54, 1.807) is 12.1 Å². The van der Waals surface area contributed by atoms with Crippen LogP contribution < -0.4 is 11.4 Å². The number of hydrogen-bond donors (Lipinski definition) is 1. The van der Waals surface area contributed by atoms with Crippen LogP contribution in [-0.2, 0) is 6.54 Å². The maximum Gasteiger partial charge on any atom is 0.349 e. The fourth-order valence-electron chi connectivity index (χ4n) is 2.13. The van der Waals surface area contributed by atoms with Gasteiger partial charge in [0.15, 0.2) is 0 Å². The van der Waals surface area contributed by atoms with Crippen LogP contribution in [-0.4, -0.2) is 14.3 Å². The Bertz CT molecular complexity index is 814. The molecule has 3 aromatic rings. The first-order chi connectivity index (χ1) is 9.75. The van der Waals surface area contributed by atoms with Gasteiger partial charge in [-0.2, -0.15) is 4.68 Å². The molecule has 5 nitrogen and oxygen atoms in total. The zero-order valence-electron chi connectivity index (χ0n) is 10.7. The fourth-order valence-corrected chi connectivity index (χ4v) is 2.13. The number of nitrogens with zero attached hydrogens (tertiary/aromatic N) is 2. The molecule has 2 aromatic carbocycles. The van der Waals surface area contributed by atoms with Crippen LogP contribution in [0.1, 0.15) is 5.56 Å². The predicted octanol–water partition coefficient (Wildman–Crippen LogP) is 1.38. The van der Waals surface area contributed by atoms with E-state index in [-0.39, 0.29) is 0 Å². The summed E-state index contributed by atoms with van der Waals surface area (Å²) in [5, 5.41) is 0. The zero-order valence-corrected chi connectivity index (χ0v) is 10.7. The largest absolute Gasteiger partial charge is 0.349 e. The SMILES string of the molecule is O=c1[nH]c(=O)n(-c2ccccc2)n1Cc1ccccc1. The van der Waals surface area contributed by atoms with E-state index >= 15 is 0 Å². The summed E-state index contributed by atoms with van der Waals surface area (Å²) in [6.07, 6.45) is 0. The molecule has 100 valence electrons. The average molecular weight is 267 g/mol. The summed E-state index contributed by atoms with van der Waals surface area (Å²) in [5.74, 6) is 0. The number of rotatable bonds is 3. The number of benzene rings is 2. The molecule has 0 saturated heterocycles. The quantitative estimate of drug-likeness (QED) is 0.779. The lowest BCUT2D eigenvalue weighted by molar-refractivity contribution is 0.576. The van der Waals surface area contributed by atoms with E-state index in [0.717, 1.165) is 5.56 Å². The van der Waals surface area contributed by atoms with E-state index in [0.29, 0.717) is 12.2 Å². The second-order valence-corrected chi connectivity index (χ2v) is 4.43. The van der Waals surface area contributed by atoms with Crippen molar-refractivity contribution in [1.29, 1.82) is 0 Å².